The molecule has 1 aromatic heterocycles. The van der Waals surface area contributed by atoms with Gasteiger partial charge in [0.25, 0.3) is 6.01 Å². The van der Waals surface area contributed by atoms with Crippen LogP contribution in [0.25, 0.3) is 11.1 Å². The van der Waals surface area contributed by atoms with Gasteiger partial charge < -0.3 is 19.3 Å². The minimum Gasteiger partial charge on any atom is -0.481 e. The van der Waals surface area contributed by atoms with E-state index in [1.165, 1.54) is 12.8 Å². The van der Waals surface area contributed by atoms with Crippen molar-refractivity contribution in [3.8, 4) is 0 Å². The molecule has 2 aliphatic heterocycles. The molecule has 1 aliphatic carbocycles. The lowest BCUT2D eigenvalue weighted by molar-refractivity contribution is -0.158. The van der Waals surface area contributed by atoms with E-state index in [-0.39, 0.29) is 0 Å². The number of para-hydroxylation sites is 1. The molecule has 2 aromatic rings. The monoisotopic (exact) mass is 447 g/mol. The van der Waals surface area contributed by atoms with Gasteiger partial charge in [-0.1, -0.05) is 6.07 Å². The fourth-order valence-corrected chi connectivity index (χ4v) is 5.61. The Hall–Kier alpha value is -1.60. The second-order valence-electron chi connectivity index (χ2n) is 9.07. The predicted molar refractivity (Wildman–Crippen MR) is 110 cm³/mol. The summed E-state index contributed by atoms with van der Waals surface area (Å²) < 4.78 is 6.91. The number of halogens is 1. The van der Waals surface area contributed by atoms with Crippen LogP contribution in [0.4, 0.5) is 6.01 Å². The van der Waals surface area contributed by atoms with Crippen molar-refractivity contribution in [3.63, 3.8) is 0 Å². The molecule has 1 N–H and O–H groups in total. The number of likely N-dealkylation sites (tertiary alicyclic amines) is 1. The molecule has 0 unspecified atom stereocenters. The van der Waals surface area contributed by atoms with E-state index in [2.05, 4.69) is 30.7 Å². The number of piperidine rings is 1. The van der Waals surface area contributed by atoms with Gasteiger partial charge in [-0.3, -0.25) is 4.79 Å². The first kappa shape index (κ1) is 18.4. The van der Waals surface area contributed by atoms with Gasteiger partial charge in [0.2, 0.25) is 0 Å². The van der Waals surface area contributed by atoms with Gasteiger partial charge in [-0.15, -0.1) is 0 Å². The molecule has 3 heterocycles. The highest BCUT2D eigenvalue weighted by Gasteiger charge is 2.49. The number of aromatic nitrogens is 1. The van der Waals surface area contributed by atoms with Crippen molar-refractivity contribution in [3.05, 3.63) is 22.7 Å². The summed E-state index contributed by atoms with van der Waals surface area (Å²) in [4.78, 5) is 20.8. The van der Waals surface area contributed by atoms with Crippen molar-refractivity contribution in [2.45, 2.75) is 38.6 Å². The summed E-state index contributed by atoms with van der Waals surface area (Å²) in [7, 11) is 0. The first-order valence-electron chi connectivity index (χ1n) is 10.2. The number of carbonyl (C=O) groups is 1. The molecule has 1 atom stereocenters. The summed E-state index contributed by atoms with van der Waals surface area (Å²) in [6.07, 6.45) is 4.08. The van der Waals surface area contributed by atoms with E-state index >= 15 is 0 Å². The van der Waals surface area contributed by atoms with Gasteiger partial charge in [0.05, 0.1) is 9.89 Å². The van der Waals surface area contributed by atoms with Gasteiger partial charge in [-0.05, 0) is 79.1 Å². The fourth-order valence-electron chi connectivity index (χ4n) is 5.18. The first-order valence-corrected chi connectivity index (χ1v) is 11.0. The number of anilines is 1. The molecule has 5 rings (SSSR count). The Bertz CT molecular complexity index is 901. The van der Waals surface area contributed by atoms with Gasteiger partial charge in [0.15, 0.2) is 5.58 Å². The van der Waals surface area contributed by atoms with E-state index < -0.39 is 11.4 Å². The Kier molecular flexibility index (Phi) is 4.43. The zero-order valence-corrected chi connectivity index (χ0v) is 17.7. The highest BCUT2D eigenvalue weighted by Crippen LogP contribution is 2.45. The maximum atomic E-state index is 11.4. The Morgan fingerprint density at radius 2 is 2.07 bits per heavy atom. The Balaban J connectivity index is 1.18. The lowest BCUT2D eigenvalue weighted by Crippen LogP contribution is -2.58. The van der Waals surface area contributed by atoms with Crippen LogP contribution < -0.4 is 4.90 Å². The van der Waals surface area contributed by atoms with E-state index in [0.29, 0.717) is 17.9 Å². The highest BCUT2D eigenvalue weighted by atomic mass is 79.9. The van der Waals surface area contributed by atoms with Crippen molar-refractivity contribution in [2.24, 2.45) is 17.3 Å². The van der Waals surface area contributed by atoms with Crippen LogP contribution >= 0.6 is 15.9 Å². The van der Waals surface area contributed by atoms with Crippen LogP contribution in [0.15, 0.2) is 27.1 Å². The molecule has 1 saturated carbocycles. The van der Waals surface area contributed by atoms with Crippen LogP contribution in [0.5, 0.6) is 0 Å². The molecular formula is C21H26BrN3O3. The largest absolute Gasteiger partial charge is 0.481 e. The molecule has 0 spiro atoms. The second-order valence-corrected chi connectivity index (χ2v) is 9.93. The Morgan fingerprint density at radius 3 is 2.79 bits per heavy atom. The van der Waals surface area contributed by atoms with E-state index in [9.17, 15) is 9.90 Å². The van der Waals surface area contributed by atoms with Crippen molar-refractivity contribution < 1.29 is 14.3 Å². The molecule has 6 nitrogen and oxygen atoms in total. The van der Waals surface area contributed by atoms with Gasteiger partial charge in [0.1, 0.15) is 5.52 Å². The molecular weight excluding hydrogens is 422 g/mol. The molecule has 1 aromatic carbocycles. The van der Waals surface area contributed by atoms with Crippen molar-refractivity contribution in [1.82, 2.24) is 9.88 Å². The maximum Gasteiger partial charge on any atom is 0.309 e. The minimum atomic E-state index is -0.642. The van der Waals surface area contributed by atoms with Crippen LogP contribution in [0.1, 0.15) is 32.6 Å². The molecule has 2 saturated heterocycles. The van der Waals surface area contributed by atoms with E-state index in [1.54, 1.807) is 0 Å². The SMILES string of the molecule is CC1(C(=O)O)CC(N2CCC[C@H](C3CN(c4nc5cccc(Br)c5o4)C3)C2)C1. The smallest absolute Gasteiger partial charge is 0.309 e. The highest BCUT2D eigenvalue weighted by molar-refractivity contribution is 9.10. The Morgan fingerprint density at radius 1 is 1.29 bits per heavy atom. The fraction of sp³-hybridized carbons (Fsp3) is 0.619. The number of aliphatic carboxylic acids is 1. The van der Waals surface area contributed by atoms with Gasteiger partial charge in [-0.2, -0.15) is 4.98 Å². The third-order valence-corrected chi connectivity index (χ3v) is 7.72. The number of carboxylic acid groups (broad SMARTS) is 1. The van der Waals surface area contributed by atoms with Crippen LogP contribution in [0, 0.1) is 17.3 Å². The number of hydrogen-bond donors (Lipinski definition) is 1. The average Bonchev–Trinajstić information content (AvgIpc) is 3.03. The van der Waals surface area contributed by atoms with Crippen LogP contribution in [0.2, 0.25) is 0 Å². The molecule has 3 fully saturated rings. The third-order valence-electron chi connectivity index (χ3n) is 7.10. The van der Waals surface area contributed by atoms with E-state index in [0.717, 1.165) is 60.6 Å². The van der Waals surface area contributed by atoms with Crippen LogP contribution in [-0.4, -0.2) is 53.2 Å². The molecule has 150 valence electrons. The van der Waals surface area contributed by atoms with Gasteiger partial charge >= 0.3 is 5.97 Å². The topological polar surface area (TPSA) is 69.8 Å². The van der Waals surface area contributed by atoms with Crippen LogP contribution in [-0.2, 0) is 4.79 Å². The number of carboxylic acids is 1. The van der Waals surface area contributed by atoms with Crippen molar-refractivity contribution in [1.29, 1.82) is 0 Å². The summed E-state index contributed by atoms with van der Waals surface area (Å²) in [6.45, 7) is 6.11. The average molecular weight is 448 g/mol. The summed E-state index contributed by atoms with van der Waals surface area (Å²) in [5, 5.41) is 9.36. The third kappa shape index (κ3) is 3.03. The predicted octanol–water partition coefficient (Wildman–Crippen LogP) is 3.99. The van der Waals surface area contributed by atoms with Crippen molar-refractivity contribution >= 4 is 39.0 Å². The molecule has 0 radical (unpaired) electrons. The zero-order chi connectivity index (χ0) is 19.5. The summed E-state index contributed by atoms with van der Waals surface area (Å²) in [6, 6.07) is 7.11. The zero-order valence-electron chi connectivity index (χ0n) is 16.1. The second kappa shape index (κ2) is 6.73. The van der Waals surface area contributed by atoms with Gasteiger partial charge in [-0.25, -0.2) is 0 Å². The van der Waals surface area contributed by atoms with Crippen LogP contribution in [0.3, 0.4) is 0 Å². The quantitative estimate of drug-likeness (QED) is 0.763. The molecule has 3 aliphatic rings. The van der Waals surface area contributed by atoms with E-state index in [4.69, 9.17) is 4.42 Å². The van der Waals surface area contributed by atoms with Gasteiger partial charge in [0, 0.05) is 25.7 Å². The lowest BCUT2D eigenvalue weighted by atomic mass is 9.65. The van der Waals surface area contributed by atoms with E-state index in [1.807, 2.05) is 25.1 Å². The normalized spacial score (nSPS) is 31.6. The first-order chi connectivity index (χ1) is 13.4. The molecule has 0 bridgehead atoms. The van der Waals surface area contributed by atoms with Crippen molar-refractivity contribution in [2.75, 3.05) is 31.1 Å². The summed E-state index contributed by atoms with van der Waals surface area (Å²) >= 11 is 3.53. The number of oxazole rings is 1. The molecule has 28 heavy (non-hydrogen) atoms. The number of rotatable bonds is 4. The standard InChI is InChI=1S/C21H26BrN3O3/c1-21(19(26)27)8-15(9-21)24-7-3-4-13(10-24)14-11-25(12-14)20-23-17-6-2-5-16(22)18(17)28-20/h2,5-6,13-15H,3-4,7-12H2,1H3,(H,26,27)/t13-,15?,21?/m0/s1. The minimum absolute atomic E-state index is 0.453. The molecule has 7 heteroatoms. The lowest BCUT2D eigenvalue weighted by Gasteiger charge is -2.52. The number of nitrogens with zero attached hydrogens (tertiary/aromatic N) is 3. The maximum absolute atomic E-state index is 11.4. The molecule has 0 amide bonds. The number of benzene rings is 1. The number of fused-ring (bicyclic) bond motifs is 1. The summed E-state index contributed by atoms with van der Waals surface area (Å²) in [5.41, 5.74) is 1.20. The number of hydrogen-bond acceptors (Lipinski definition) is 5. The Labute approximate surface area is 173 Å². The summed E-state index contributed by atoms with van der Waals surface area (Å²) in [5.74, 6) is 0.724.